The summed E-state index contributed by atoms with van der Waals surface area (Å²) >= 11 is 0. The molecule has 2 heterocycles. The first-order valence-corrected chi connectivity index (χ1v) is 11.2. The highest BCUT2D eigenvalue weighted by atomic mass is 16.5. The van der Waals surface area contributed by atoms with E-state index in [-0.39, 0.29) is 18.6 Å². The number of carbonyl (C=O) groups excluding carboxylic acids is 1. The van der Waals surface area contributed by atoms with E-state index < -0.39 is 0 Å². The molecule has 35 heavy (non-hydrogen) atoms. The Hall–Kier alpha value is -4.05. The van der Waals surface area contributed by atoms with E-state index in [1.54, 1.807) is 21.3 Å². The van der Waals surface area contributed by atoms with Gasteiger partial charge in [-0.25, -0.2) is 4.68 Å². The highest BCUT2D eigenvalue weighted by molar-refractivity contribution is 5.89. The summed E-state index contributed by atoms with van der Waals surface area (Å²) in [4.78, 5) is 16.0. The summed E-state index contributed by atoms with van der Waals surface area (Å²) < 4.78 is 18.4. The number of benzene rings is 2. The molecule has 1 unspecified atom stereocenters. The summed E-state index contributed by atoms with van der Waals surface area (Å²) in [5, 5.41) is 20.1. The van der Waals surface area contributed by atoms with Crippen LogP contribution in [0.2, 0.25) is 0 Å². The lowest BCUT2D eigenvalue weighted by Gasteiger charge is -2.25. The molecule has 0 saturated carbocycles. The van der Waals surface area contributed by atoms with Crippen LogP contribution in [0, 0.1) is 0 Å². The standard InChI is InChI=1S/C25H29N5O5/c1-15(32)26-18-9-7-16(8-10-18)19-14-20(30-25(27-19)28-23(29-30)6-5-11-31)17-12-21(33-2)24(35-4)22(13-17)34-3/h7-10,12-14,20,31H,5-6,11H2,1-4H3,(H,26,32)(H,27,28,29). The lowest BCUT2D eigenvalue weighted by Crippen LogP contribution is -2.20. The predicted octanol–water partition coefficient (Wildman–Crippen LogP) is 3.24. The van der Waals surface area contributed by atoms with Gasteiger partial charge < -0.3 is 30.0 Å². The number of methoxy groups -OCH3 is 3. The summed E-state index contributed by atoms with van der Waals surface area (Å²) in [6.07, 6.45) is 3.18. The molecule has 1 aromatic heterocycles. The van der Waals surface area contributed by atoms with Crippen molar-refractivity contribution in [3.63, 3.8) is 0 Å². The molecule has 0 fully saturated rings. The lowest BCUT2D eigenvalue weighted by atomic mass is 10.0. The number of aliphatic hydroxyl groups is 1. The zero-order valence-corrected chi connectivity index (χ0v) is 20.2. The number of allylic oxidation sites excluding steroid dienone is 1. The number of nitrogens with zero attached hydrogens (tertiary/aromatic N) is 3. The number of ether oxygens (including phenoxy) is 3. The second kappa shape index (κ2) is 10.5. The fourth-order valence-corrected chi connectivity index (χ4v) is 3.99. The fraction of sp³-hybridized carbons (Fsp3) is 0.320. The topological polar surface area (TPSA) is 120 Å². The molecule has 3 aromatic rings. The predicted molar refractivity (Wildman–Crippen MR) is 132 cm³/mol. The number of aryl methyl sites for hydroxylation is 1. The first-order valence-electron chi connectivity index (χ1n) is 11.2. The van der Waals surface area contributed by atoms with E-state index in [9.17, 15) is 9.90 Å². The Morgan fingerprint density at radius 1 is 1.11 bits per heavy atom. The monoisotopic (exact) mass is 479 g/mol. The summed E-state index contributed by atoms with van der Waals surface area (Å²) in [5.74, 6) is 2.68. The third kappa shape index (κ3) is 5.07. The number of hydrogen-bond donors (Lipinski definition) is 3. The van der Waals surface area contributed by atoms with Gasteiger partial charge in [0.05, 0.1) is 21.3 Å². The highest BCUT2D eigenvalue weighted by Crippen LogP contribution is 2.42. The minimum absolute atomic E-state index is 0.0672. The van der Waals surface area contributed by atoms with Crippen LogP contribution in [0.4, 0.5) is 11.6 Å². The van der Waals surface area contributed by atoms with Crippen molar-refractivity contribution in [2.24, 2.45) is 0 Å². The molecule has 184 valence electrons. The van der Waals surface area contributed by atoms with E-state index in [0.29, 0.717) is 47.6 Å². The number of aliphatic hydroxyl groups excluding tert-OH is 1. The normalized spacial score (nSPS) is 14.4. The van der Waals surface area contributed by atoms with E-state index >= 15 is 0 Å². The molecule has 10 heteroatoms. The van der Waals surface area contributed by atoms with E-state index in [2.05, 4.69) is 15.6 Å². The van der Waals surface area contributed by atoms with Crippen LogP contribution in [-0.4, -0.2) is 53.7 Å². The maximum Gasteiger partial charge on any atom is 0.226 e. The van der Waals surface area contributed by atoms with Gasteiger partial charge in [0.25, 0.3) is 0 Å². The van der Waals surface area contributed by atoms with Crippen molar-refractivity contribution in [2.45, 2.75) is 25.8 Å². The summed E-state index contributed by atoms with van der Waals surface area (Å²) in [7, 11) is 4.72. The molecule has 4 rings (SSSR count). The zero-order chi connectivity index (χ0) is 24.9. The van der Waals surface area contributed by atoms with Crippen LogP contribution >= 0.6 is 0 Å². The lowest BCUT2D eigenvalue weighted by molar-refractivity contribution is -0.114. The molecule has 1 aliphatic rings. The van der Waals surface area contributed by atoms with E-state index in [4.69, 9.17) is 19.3 Å². The van der Waals surface area contributed by atoms with Crippen LogP contribution in [0.5, 0.6) is 17.2 Å². The number of fused-ring (bicyclic) bond motifs is 1. The van der Waals surface area contributed by atoms with Crippen molar-refractivity contribution in [2.75, 3.05) is 38.6 Å². The summed E-state index contributed by atoms with van der Waals surface area (Å²) in [6.45, 7) is 1.54. The van der Waals surface area contributed by atoms with Crippen molar-refractivity contribution in [3.8, 4) is 17.2 Å². The molecule has 1 amide bonds. The quantitative estimate of drug-likeness (QED) is 0.428. The number of amides is 1. The summed E-state index contributed by atoms with van der Waals surface area (Å²) in [5.41, 5.74) is 3.34. The van der Waals surface area contributed by atoms with Gasteiger partial charge in [0.15, 0.2) is 17.3 Å². The van der Waals surface area contributed by atoms with Crippen LogP contribution in [-0.2, 0) is 11.2 Å². The van der Waals surface area contributed by atoms with Gasteiger partial charge in [-0.3, -0.25) is 4.79 Å². The second-order valence-electron chi connectivity index (χ2n) is 7.99. The molecule has 0 saturated heterocycles. The Labute approximate surface area is 203 Å². The molecule has 0 bridgehead atoms. The minimum atomic E-state index is -0.319. The van der Waals surface area contributed by atoms with E-state index in [0.717, 1.165) is 16.8 Å². The first kappa shape index (κ1) is 24.1. The number of hydrogen-bond acceptors (Lipinski definition) is 8. The van der Waals surface area contributed by atoms with Crippen LogP contribution in [0.15, 0.2) is 42.5 Å². The minimum Gasteiger partial charge on any atom is -0.493 e. The Morgan fingerprint density at radius 3 is 2.37 bits per heavy atom. The summed E-state index contributed by atoms with van der Waals surface area (Å²) in [6, 6.07) is 11.0. The van der Waals surface area contributed by atoms with Gasteiger partial charge in [0, 0.05) is 31.3 Å². The maximum absolute atomic E-state index is 11.4. The molecule has 1 atom stereocenters. The van der Waals surface area contributed by atoms with Gasteiger partial charge in [-0.15, -0.1) is 0 Å². The Bertz CT molecular complexity index is 1210. The molecular weight excluding hydrogens is 450 g/mol. The van der Waals surface area contributed by atoms with Gasteiger partial charge >= 0.3 is 0 Å². The number of carbonyl (C=O) groups is 1. The third-order valence-corrected chi connectivity index (χ3v) is 5.61. The second-order valence-corrected chi connectivity index (χ2v) is 7.99. The average molecular weight is 480 g/mol. The third-order valence-electron chi connectivity index (χ3n) is 5.61. The molecule has 3 N–H and O–H groups in total. The van der Waals surface area contributed by atoms with Crippen molar-refractivity contribution in [3.05, 3.63) is 59.4 Å². The van der Waals surface area contributed by atoms with E-state index in [1.165, 1.54) is 6.92 Å². The Balaban J connectivity index is 1.79. The van der Waals surface area contributed by atoms with Crippen LogP contribution < -0.4 is 24.8 Å². The molecular formula is C25H29N5O5. The Morgan fingerprint density at radius 2 is 1.80 bits per heavy atom. The van der Waals surface area contributed by atoms with Crippen molar-refractivity contribution >= 4 is 23.2 Å². The van der Waals surface area contributed by atoms with Crippen LogP contribution in [0.25, 0.3) is 5.70 Å². The molecule has 2 aromatic carbocycles. The van der Waals surface area contributed by atoms with Crippen molar-refractivity contribution in [1.29, 1.82) is 0 Å². The van der Waals surface area contributed by atoms with Gasteiger partial charge in [-0.05, 0) is 47.9 Å². The number of aromatic nitrogens is 3. The molecule has 0 aliphatic carbocycles. The maximum atomic E-state index is 11.4. The van der Waals surface area contributed by atoms with Crippen molar-refractivity contribution in [1.82, 2.24) is 14.8 Å². The first-order chi connectivity index (χ1) is 17.0. The largest absolute Gasteiger partial charge is 0.493 e. The van der Waals surface area contributed by atoms with Gasteiger partial charge in [-0.1, -0.05) is 12.1 Å². The molecule has 0 spiro atoms. The molecule has 10 nitrogen and oxygen atoms in total. The van der Waals surface area contributed by atoms with Gasteiger partial charge in [0.1, 0.15) is 6.04 Å². The van der Waals surface area contributed by atoms with Gasteiger partial charge in [-0.2, -0.15) is 10.1 Å². The van der Waals surface area contributed by atoms with E-state index in [1.807, 2.05) is 47.2 Å². The average Bonchev–Trinajstić information content (AvgIpc) is 3.29. The van der Waals surface area contributed by atoms with Crippen LogP contribution in [0.1, 0.15) is 36.3 Å². The fourth-order valence-electron chi connectivity index (χ4n) is 3.99. The Kier molecular flexibility index (Phi) is 7.21. The smallest absolute Gasteiger partial charge is 0.226 e. The van der Waals surface area contributed by atoms with Gasteiger partial charge in [0.2, 0.25) is 17.6 Å². The highest BCUT2D eigenvalue weighted by Gasteiger charge is 2.27. The molecule has 1 aliphatic heterocycles. The molecule has 0 radical (unpaired) electrons. The van der Waals surface area contributed by atoms with Crippen LogP contribution in [0.3, 0.4) is 0 Å². The number of rotatable bonds is 9. The number of nitrogens with one attached hydrogen (secondary N) is 2. The number of anilines is 2. The van der Waals surface area contributed by atoms with Crippen molar-refractivity contribution < 1.29 is 24.1 Å². The zero-order valence-electron chi connectivity index (χ0n) is 20.2. The SMILES string of the molecule is COc1cc(C2C=C(c3ccc(NC(C)=O)cc3)Nc3nc(CCCO)nn32)cc(OC)c1OC.